The van der Waals surface area contributed by atoms with E-state index in [1.165, 1.54) is 12.1 Å². The van der Waals surface area contributed by atoms with Gasteiger partial charge in [0.05, 0.1) is 11.1 Å². The zero-order valence-electron chi connectivity index (χ0n) is 13.1. The summed E-state index contributed by atoms with van der Waals surface area (Å²) in [6.07, 6.45) is 1.89. The van der Waals surface area contributed by atoms with E-state index in [-0.39, 0.29) is 28.9 Å². The van der Waals surface area contributed by atoms with Gasteiger partial charge in [0.1, 0.15) is 11.5 Å². The predicted octanol–water partition coefficient (Wildman–Crippen LogP) is 3.39. The minimum atomic E-state index is -0.242. The Balaban J connectivity index is 2.00. The molecule has 2 atom stereocenters. The third-order valence-electron chi connectivity index (χ3n) is 4.49. The van der Waals surface area contributed by atoms with Crippen LogP contribution in [0.3, 0.4) is 0 Å². The van der Waals surface area contributed by atoms with E-state index in [9.17, 15) is 15.0 Å². The highest BCUT2D eigenvalue weighted by Crippen LogP contribution is 2.40. The minimum absolute atomic E-state index is 0.0266. The number of hydrogen-bond acceptors (Lipinski definition) is 4. The first-order valence-corrected chi connectivity index (χ1v) is 7.96. The van der Waals surface area contributed by atoms with Gasteiger partial charge in [-0.25, -0.2) is 0 Å². The highest BCUT2D eigenvalue weighted by Gasteiger charge is 2.27. The number of phenols is 2. The van der Waals surface area contributed by atoms with Crippen LogP contribution in [0.5, 0.6) is 11.5 Å². The molecule has 23 heavy (non-hydrogen) atoms. The maximum absolute atomic E-state index is 12.6. The van der Waals surface area contributed by atoms with Crippen LogP contribution in [-0.4, -0.2) is 22.5 Å². The number of rotatable bonds is 3. The van der Waals surface area contributed by atoms with Crippen LogP contribution >= 0.6 is 0 Å². The van der Waals surface area contributed by atoms with Crippen molar-refractivity contribution >= 4 is 5.78 Å². The van der Waals surface area contributed by atoms with Crippen LogP contribution in [0, 0.1) is 5.92 Å². The van der Waals surface area contributed by atoms with Crippen molar-refractivity contribution in [1.29, 1.82) is 0 Å². The smallest absolute Gasteiger partial charge is 0.196 e. The summed E-state index contributed by atoms with van der Waals surface area (Å²) in [4.78, 5) is 12.6. The average Bonchev–Trinajstić information content (AvgIpc) is 2.55. The molecule has 0 aliphatic carbocycles. The molecule has 4 heteroatoms. The van der Waals surface area contributed by atoms with Gasteiger partial charge in [-0.05, 0) is 37.4 Å². The fourth-order valence-electron chi connectivity index (χ4n) is 3.20. The molecule has 0 saturated carbocycles. The van der Waals surface area contributed by atoms with Gasteiger partial charge in [0.15, 0.2) is 5.78 Å². The van der Waals surface area contributed by atoms with Gasteiger partial charge in [0.2, 0.25) is 0 Å². The van der Waals surface area contributed by atoms with Crippen molar-refractivity contribution in [1.82, 2.24) is 5.32 Å². The molecule has 2 aromatic rings. The quantitative estimate of drug-likeness (QED) is 0.760. The van der Waals surface area contributed by atoms with Crippen molar-refractivity contribution in [2.24, 2.45) is 5.92 Å². The van der Waals surface area contributed by atoms with Crippen molar-refractivity contribution in [2.75, 3.05) is 6.54 Å². The Kier molecular flexibility index (Phi) is 4.35. The maximum atomic E-state index is 12.6. The summed E-state index contributed by atoms with van der Waals surface area (Å²) in [7, 11) is 0. The van der Waals surface area contributed by atoms with E-state index in [1.807, 2.05) is 6.07 Å². The summed E-state index contributed by atoms with van der Waals surface area (Å²) in [6, 6.07) is 11.7. The van der Waals surface area contributed by atoms with E-state index in [0.717, 1.165) is 19.4 Å². The fraction of sp³-hybridized carbons (Fsp3) is 0.316. The first kappa shape index (κ1) is 15.6. The Morgan fingerprint density at radius 2 is 1.87 bits per heavy atom. The summed E-state index contributed by atoms with van der Waals surface area (Å²) in [5.41, 5.74) is 1.17. The second-order valence-electron chi connectivity index (χ2n) is 6.23. The predicted molar refractivity (Wildman–Crippen MR) is 88.8 cm³/mol. The zero-order chi connectivity index (χ0) is 16.4. The van der Waals surface area contributed by atoms with Crippen molar-refractivity contribution in [3.63, 3.8) is 0 Å². The number of carbonyl (C=O) groups excluding carboxylic acids is 1. The molecule has 1 saturated heterocycles. The lowest BCUT2D eigenvalue weighted by Gasteiger charge is -2.29. The maximum Gasteiger partial charge on any atom is 0.196 e. The van der Waals surface area contributed by atoms with E-state index in [1.54, 1.807) is 24.3 Å². The van der Waals surface area contributed by atoms with Crippen LogP contribution < -0.4 is 5.32 Å². The van der Waals surface area contributed by atoms with Gasteiger partial charge >= 0.3 is 0 Å². The Morgan fingerprint density at radius 1 is 1.13 bits per heavy atom. The van der Waals surface area contributed by atoms with Gasteiger partial charge in [-0.2, -0.15) is 0 Å². The second kappa shape index (κ2) is 6.42. The summed E-state index contributed by atoms with van der Waals surface area (Å²) < 4.78 is 0. The standard InChI is InChI=1S/C19H21NO3/c1-12-9-10-20-15(11-12)17-16(21)8-7-14(19(17)23)18(22)13-5-3-2-4-6-13/h2-8,12,15,20-21,23H,9-11H2,1H3/t12-,15-/m0/s1. The number of nitrogens with one attached hydrogen (secondary N) is 1. The number of hydrogen-bond donors (Lipinski definition) is 3. The fourth-order valence-corrected chi connectivity index (χ4v) is 3.20. The van der Waals surface area contributed by atoms with Crippen molar-refractivity contribution in [3.05, 3.63) is 59.2 Å². The third kappa shape index (κ3) is 3.08. The SMILES string of the molecule is C[C@H]1CCN[C@H](c2c(O)ccc(C(=O)c3ccccc3)c2O)C1. The van der Waals surface area contributed by atoms with Gasteiger partial charge in [0, 0.05) is 11.6 Å². The second-order valence-corrected chi connectivity index (χ2v) is 6.23. The molecular weight excluding hydrogens is 290 g/mol. The van der Waals surface area contributed by atoms with Crippen molar-refractivity contribution in [2.45, 2.75) is 25.8 Å². The normalized spacial score (nSPS) is 21.1. The molecule has 0 spiro atoms. The van der Waals surface area contributed by atoms with Crippen LogP contribution in [0.4, 0.5) is 0 Å². The molecular formula is C19H21NO3. The first-order valence-electron chi connectivity index (χ1n) is 7.96. The Bertz CT molecular complexity index is 712. The van der Waals surface area contributed by atoms with E-state index in [0.29, 0.717) is 17.0 Å². The highest BCUT2D eigenvalue weighted by atomic mass is 16.3. The molecule has 0 radical (unpaired) electrons. The monoisotopic (exact) mass is 311 g/mol. The molecule has 0 amide bonds. The molecule has 1 heterocycles. The number of carbonyl (C=O) groups is 1. The van der Waals surface area contributed by atoms with Crippen LogP contribution in [0.2, 0.25) is 0 Å². The van der Waals surface area contributed by atoms with Gasteiger partial charge in [0.25, 0.3) is 0 Å². The largest absolute Gasteiger partial charge is 0.507 e. The molecule has 4 nitrogen and oxygen atoms in total. The average molecular weight is 311 g/mol. The molecule has 0 bridgehead atoms. The molecule has 3 rings (SSSR count). The Labute approximate surface area is 135 Å². The van der Waals surface area contributed by atoms with E-state index >= 15 is 0 Å². The van der Waals surface area contributed by atoms with Gasteiger partial charge in [-0.3, -0.25) is 4.79 Å². The number of benzene rings is 2. The summed E-state index contributed by atoms with van der Waals surface area (Å²) >= 11 is 0. The van der Waals surface area contributed by atoms with Crippen LogP contribution in [0.15, 0.2) is 42.5 Å². The van der Waals surface area contributed by atoms with Crippen LogP contribution in [0.1, 0.15) is 47.3 Å². The molecule has 0 unspecified atom stereocenters. The number of ketones is 1. The molecule has 1 aliphatic heterocycles. The summed E-state index contributed by atoms with van der Waals surface area (Å²) in [5.74, 6) is 0.172. The van der Waals surface area contributed by atoms with Crippen LogP contribution in [-0.2, 0) is 0 Å². The lowest BCUT2D eigenvalue weighted by atomic mass is 9.87. The lowest BCUT2D eigenvalue weighted by Crippen LogP contribution is -2.31. The molecule has 120 valence electrons. The van der Waals surface area contributed by atoms with Crippen molar-refractivity contribution < 1.29 is 15.0 Å². The molecule has 0 aromatic heterocycles. The zero-order valence-corrected chi connectivity index (χ0v) is 13.1. The van der Waals surface area contributed by atoms with Gasteiger partial charge in [-0.1, -0.05) is 37.3 Å². The molecule has 2 aromatic carbocycles. The van der Waals surface area contributed by atoms with E-state index in [2.05, 4.69) is 12.2 Å². The molecule has 3 N–H and O–H groups in total. The number of phenolic OH excluding ortho intramolecular Hbond substituents is 2. The Morgan fingerprint density at radius 3 is 2.57 bits per heavy atom. The topological polar surface area (TPSA) is 69.6 Å². The highest BCUT2D eigenvalue weighted by molar-refractivity contribution is 6.11. The summed E-state index contributed by atoms with van der Waals surface area (Å²) in [5, 5.41) is 24.1. The minimum Gasteiger partial charge on any atom is -0.507 e. The van der Waals surface area contributed by atoms with E-state index in [4.69, 9.17) is 0 Å². The third-order valence-corrected chi connectivity index (χ3v) is 4.49. The number of piperidine rings is 1. The Hall–Kier alpha value is -2.33. The van der Waals surface area contributed by atoms with Crippen LogP contribution in [0.25, 0.3) is 0 Å². The molecule has 1 aliphatic rings. The van der Waals surface area contributed by atoms with Gasteiger partial charge in [-0.15, -0.1) is 0 Å². The first-order chi connectivity index (χ1) is 11.1. The lowest BCUT2D eigenvalue weighted by molar-refractivity contribution is 0.103. The van der Waals surface area contributed by atoms with Crippen molar-refractivity contribution in [3.8, 4) is 11.5 Å². The summed E-state index contributed by atoms with van der Waals surface area (Å²) in [6.45, 7) is 2.99. The van der Waals surface area contributed by atoms with Gasteiger partial charge < -0.3 is 15.5 Å². The van der Waals surface area contributed by atoms with E-state index < -0.39 is 0 Å². The molecule has 1 fully saturated rings. The number of aromatic hydroxyl groups is 2.